The molecule has 0 spiro atoms. The molecule has 33 heavy (non-hydrogen) atoms. The van der Waals surface area contributed by atoms with Gasteiger partial charge >= 0.3 is 0 Å². The van der Waals surface area contributed by atoms with Crippen LogP contribution in [0, 0.1) is 0 Å². The Morgan fingerprint density at radius 2 is 1.27 bits per heavy atom. The second kappa shape index (κ2) is 11.8. The van der Waals surface area contributed by atoms with E-state index < -0.39 is 0 Å². The minimum absolute atomic E-state index is 0.0865. The predicted molar refractivity (Wildman–Crippen MR) is 141 cm³/mol. The number of hydrogen-bond acceptors (Lipinski definition) is 5. The smallest absolute Gasteiger partial charge is 0.221 e. The third-order valence-corrected chi connectivity index (χ3v) is 6.17. The molecular formula is C24H29N5O2S2. The fraction of sp³-hybridized carbons (Fsp3) is 0.333. The Morgan fingerprint density at radius 3 is 1.76 bits per heavy atom. The van der Waals surface area contributed by atoms with Crippen molar-refractivity contribution in [1.29, 1.82) is 0 Å². The molecule has 0 saturated carbocycles. The van der Waals surface area contributed by atoms with Crippen LogP contribution in [0.1, 0.15) is 25.0 Å². The van der Waals surface area contributed by atoms with Gasteiger partial charge in [-0.3, -0.25) is 14.5 Å². The van der Waals surface area contributed by atoms with Gasteiger partial charge in [0.25, 0.3) is 0 Å². The summed E-state index contributed by atoms with van der Waals surface area (Å²) in [6, 6.07) is 15.2. The van der Waals surface area contributed by atoms with Gasteiger partial charge in [0.2, 0.25) is 11.8 Å². The number of hydrogen-bond donors (Lipinski definition) is 3. The molecule has 2 amide bonds. The minimum Gasteiger partial charge on any atom is -0.375 e. The molecule has 0 aromatic heterocycles. The number of nitrogens with one attached hydrogen (secondary N) is 3. The summed E-state index contributed by atoms with van der Waals surface area (Å²) in [5, 5.41) is 8.84. The Labute approximate surface area is 205 Å². The zero-order chi connectivity index (χ0) is 23.8. The molecule has 1 aliphatic heterocycles. The molecule has 174 valence electrons. The van der Waals surface area contributed by atoms with Crippen LogP contribution < -0.4 is 16.0 Å². The highest BCUT2D eigenvalue weighted by Gasteiger charge is 2.19. The number of carbonyl (C=O) groups is 2. The average Bonchev–Trinajstić information content (AvgIpc) is 2.79. The minimum atomic E-state index is -0.0933. The Hall–Kier alpha value is -2.88. The first-order valence-electron chi connectivity index (χ1n) is 10.9. The van der Waals surface area contributed by atoms with E-state index in [9.17, 15) is 9.59 Å². The van der Waals surface area contributed by atoms with Gasteiger partial charge in [-0.25, -0.2) is 0 Å². The molecule has 0 unspecified atom stereocenters. The van der Waals surface area contributed by atoms with Gasteiger partial charge < -0.3 is 20.9 Å². The molecular weight excluding hydrogens is 454 g/mol. The van der Waals surface area contributed by atoms with E-state index in [0.717, 1.165) is 66.8 Å². The first-order valence-corrected chi connectivity index (χ1v) is 11.7. The molecule has 2 aromatic rings. The van der Waals surface area contributed by atoms with Crippen LogP contribution in [0.15, 0.2) is 48.5 Å². The Bertz CT molecular complexity index is 998. The molecule has 1 saturated heterocycles. The number of anilines is 2. The van der Waals surface area contributed by atoms with Crippen LogP contribution in [0.5, 0.6) is 0 Å². The van der Waals surface area contributed by atoms with Gasteiger partial charge in [-0.05, 0) is 48.5 Å². The van der Waals surface area contributed by atoms with Crippen molar-refractivity contribution in [3.8, 4) is 0 Å². The fourth-order valence-electron chi connectivity index (χ4n) is 3.59. The van der Waals surface area contributed by atoms with Gasteiger partial charge in [0.1, 0.15) is 9.98 Å². The largest absolute Gasteiger partial charge is 0.375 e. The van der Waals surface area contributed by atoms with E-state index in [1.165, 1.54) is 13.8 Å². The van der Waals surface area contributed by atoms with Crippen LogP contribution in [0.4, 0.5) is 11.4 Å². The van der Waals surface area contributed by atoms with Crippen LogP contribution in [-0.4, -0.2) is 70.9 Å². The predicted octanol–water partition coefficient (Wildman–Crippen LogP) is 2.86. The number of carbonyl (C=O) groups excluding carboxylic acids is 2. The van der Waals surface area contributed by atoms with Crippen molar-refractivity contribution in [1.82, 2.24) is 15.1 Å². The van der Waals surface area contributed by atoms with E-state index in [2.05, 4.69) is 25.8 Å². The van der Waals surface area contributed by atoms with Crippen molar-refractivity contribution in [2.75, 3.05) is 49.9 Å². The molecule has 0 aliphatic carbocycles. The highest BCUT2D eigenvalue weighted by molar-refractivity contribution is 7.81. The average molecular weight is 484 g/mol. The molecule has 3 N–H and O–H groups in total. The molecule has 0 atom stereocenters. The maximum absolute atomic E-state index is 11.2. The summed E-state index contributed by atoms with van der Waals surface area (Å²) in [5.41, 5.74) is 3.45. The standard InChI is InChI=1S/C24H29N5O2S2/c1-17(30)26-21-7-3-19(4-8-21)23(32)25-11-12-28-13-15-29(16-14-28)24(33)20-5-9-22(10-6-20)27-18(2)31/h3-10H,11-16H2,1-2H3,(H,25,32)(H,26,30)(H,27,31). The monoisotopic (exact) mass is 483 g/mol. The second-order valence-electron chi connectivity index (χ2n) is 7.91. The van der Waals surface area contributed by atoms with E-state index in [1.807, 2.05) is 48.5 Å². The lowest BCUT2D eigenvalue weighted by molar-refractivity contribution is -0.115. The van der Waals surface area contributed by atoms with Crippen molar-refractivity contribution in [2.45, 2.75) is 13.8 Å². The maximum Gasteiger partial charge on any atom is 0.221 e. The molecule has 0 bridgehead atoms. The topological polar surface area (TPSA) is 76.7 Å². The van der Waals surface area contributed by atoms with Gasteiger partial charge in [-0.1, -0.05) is 24.4 Å². The van der Waals surface area contributed by atoms with Crippen molar-refractivity contribution < 1.29 is 9.59 Å². The summed E-state index contributed by atoms with van der Waals surface area (Å²) in [6.45, 7) is 8.27. The van der Waals surface area contributed by atoms with Crippen LogP contribution in [0.2, 0.25) is 0 Å². The third kappa shape index (κ3) is 7.59. The first-order chi connectivity index (χ1) is 15.8. The summed E-state index contributed by atoms with van der Waals surface area (Å²) < 4.78 is 0. The van der Waals surface area contributed by atoms with Gasteiger partial charge in [-0.15, -0.1) is 0 Å². The summed E-state index contributed by atoms with van der Waals surface area (Å²) in [6.07, 6.45) is 0. The van der Waals surface area contributed by atoms with Crippen LogP contribution in [-0.2, 0) is 9.59 Å². The van der Waals surface area contributed by atoms with Crippen molar-refractivity contribution in [3.05, 3.63) is 59.7 Å². The Balaban J connectivity index is 1.39. The van der Waals surface area contributed by atoms with Crippen molar-refractivity contribution >= 4 is 57.6 Å². The van der Waals surface area contributed by atoms with E-state index in [1.54, 1.807) is 0 Å². The van der Waals surface area contributed by atoms with Gasteiger partial charge in [0.15, 0.2) is 0 Å². The van der Waals surface area contributed by atoms with Crippen LogP contribution >= 0.6 is 24.4 Å². The number of rotatable bonds is 7. The summed E-state index contributed by atoms with van der Waals surface area (Å²) in [7, 11) is 0. The highest BCUT2D eigenvalue weighted by Crippen LogP contribution is 2.14. The zero-order valence-electron chi connectivity index (χ0n) is 18.9. The van der Waals surface area contributed by atoms with Gasteiger partial charge in [0, 0.05) is 75.6 Å². The van der Waals surface area contributed by atoms with E-state index in [0.29, 0.717) is 4.99 Å². The molecule has 1 heterocycles. The Kier molecular flexibility index (Phi) is 8.87. The number of thiocarbonyl (C=S) groups is 2. The summed E-state index contributed by atoms with van der Waals surface area (Å²) >= 11 is 11.2. The van der Waals surface area contributed by atoms with Crippen molar-refractivity contribution in [3.63, 3.8) is 0 Å². The molecule has 1 fully saturated rings. The number of benzene rings is 2. The lowest BCUT2D eigenvalue weighted by Crippen LogP contribution is -2.50. The lowest BCUT2D eigenvalue weighted by Gasteiger charge is -2.36. The second-order valence-corrected chi connectivity index (χ2v) is 8.70. The molecule has 3 rings (SSSR count). The van der Waals surface area contributed by atoms with Gasteiger partial charge in [0.05, 0.1) is 0 Å². The van der Waals surface area contributed by atoms with Gasteiger partial charge in [-0.2, -0.15) is 0 Å². The highest BCUT2D eigenvalue weighted by atomic mass is 32.1. The fourth-order valence-corrected chi connectivity index (χ4v) is 4.15. The van der Waals surface area contributed by atoms with Crippen LogP contribution in [0.25, 0.3) is 0 Å². The Morgan fingerprint density at radius 1 is 0.788 bits per heavy atom. The molecule has 2 aromatic carbocycles. The quantitative estimate of drug-likeness (QED) is 0.523. The van der Waals surface area contributed by atoms with Crippen molar-refractivity contribution in [2.24, 2.45) is 0 Å². The first kappa shape index (κ1) is 24.8. The molecule has 0 radical (unpaired) electrons. The van der Waals surface area contributed by atoms with E-state index in [4.69, 9.17) is 24.4 Å². The normalized spacial score (nSPS) is 13.8. The number of amides is 2. The molecule has 1 aliphatic rings. The lowest BCUT2D eigenvalue weighted by atomic mass is 10.1. The summed E-state index contributed by atoms with van der Waals surface area (Å²) in [5.74, 6) is -0.180. The zero-order valence-corrected chi connectivity index (χ0v) is 20.5. The van der Waals surface area contributed by atoms with E-state index in [-0.39, 0.29) is 11.8 Å². The number of piperazine rings is 1. The van der Waals surface area contributed by atoms with Crippen LogP contribution in [0.3, 0.4) is 0 Å². The summed E-state index contributed by atoms with van der Waals surface area (Å²) in [4.78, 5) is 28.5. The maximum atomic E-state index is 11.2. The third-order valence-electron chi connectivity index (χ3n) is 5.29. The molecule has 9 heteroatoms. The molecule has 7 nitrogen and oxygen atoms in total. The number of nitrogens with zero attached hydrogens (tertiary/aromatic N) is 2. The van der Waals surface area contributed by atoms with E-state index >= 15 is 0 Å². The SMILES string of the molecule is CC(=O)Nc1ccc(C(=S)NCCN2CCN(C(=S)c3ccc(NC(C)=O)cc3)CC2)cc1.